The van der Waals surface area contributed by atoms with Gasteiger partial charge in [-0.25, -0.2) is 4.79 Å². The molecule has 2 N–H and O–H groups in total. The maximum Gasteiger partial charge on any atom is 0.368 e. The van der Waals surface area contributed by atoms with Crippen LogP contribution < -0.4 is 5.32 Å². The van der Waals surface area contributed by atoms with Crippen molar-refractivity contribution in [2.45, 2.75) is 25.4 Å². The molecular formula is C15H19N2O5+. The van der Waals surface area contributed by atoms with E-state index in [0.29, 0.717) is 5.76 Å². The smallest absolute Gasteiger partial charge is 0.368 e. The van der Waals surface area contributed by atoms with E-state index < -0.39 is 29.4 Å². The van der Waals surface area contributed by atoms with Gasteiger partial charge < -0.3 is 14.5 Å². The highest BCUT2D eigenvalue weighted by Gasteiger charge is 2.70. The third-order valence-corrected chi connectivity index (χ3v) is 4.72. The fourth-order valence-corrected chi connectivity index (χ4v) is 3.63. The van der Waals surface area contributed by atoms with Crippen LogP contribution in [0.3, 0.4) is 0 Å². The summed E-state index contributed by atoms with van der Waals surface area (Å²) in [5.74, 6) is -1.86. The van der Waals surface area contributed by atoms with E-state index in [1.807, 2.05) is 0 Å². The molecule has 0 aliphatic carbocycles. The minimum absolute atomic E-state index is 0.225. The molecule has 0 radical (unpaired) electrons. The second-order valence-corrected chi connectivity index (χ2v) is 5.95. The summed E-state index contributed by atoms with van der Waals surface area (Å²) in [6, 6.07) is 3.07. The molecule has 0 unspecified atom stereocenters. The standard InChI is InChI=1S/C15H18N2O5/c1-4-21-14(20)15(2)10-9(12(18)17(3)13(10)19)11(16-15)8-6-5-7-22-8/h5-7,9-11,16H,4H2,1-3H3/p+1/t9-,10+,11-,15+/m0/s1. The molecule has 0 spiro atoms. The molecule has 7 nitrogen and oxygen atoms in total. The van der Waals surface area contributed by atoms with E-state index in [1.54, 1.807) is 31.3 Å². The molecule has 2 fully saturated rings. The van der Waals surface area contributed by atoms with Crippen LogP contribution in [0.25, 0.3) is 0 Å². The maximum absolute atomic E-state index is 12.5. The average Bonchev–Trinajstić information content (AvgIpc) is 3.15. The summed E-state index contributed by atoms with van der Waals surface area (Å²) in [5, 5.41) is 1.74. The van der Waals surface area contributed by atoms with Gasteiger partial charge in [0.25, 0.3) is 0 Å². The van der Waals surface area contributed by atoms with Crippen molar-refractivity contribution in [3.05, 3.63) is 24.2 Å². The Kier molecular flexibility index (Phi) is 3.32. The van der Waals surface area contributed by atoms with E-state index in [0.717, 1.165) is 4.90 Å². The lowest BCUT2D eigenvalue weighted by atomic mass is 9.81. The highest BCUT2D eigenvalue weighted by atomic mass is 16.5. The minimum Gasteiger partial charge on any atom is -0.463 e. The average molecular weight is 307 g/mol. The van der Waals surface area contributed by atoms with Gasteiger partial charge in [0.2, 0.25) is 17.4 Å². The number of amides is 2. The van der Waals surface area contributed by atoms with Crippen LogP contribution in [-0.4, -0.2) is 41.9 Å². The number of furan rings is 1. The Morgan fingerprint density at radius 3 is 2.77 bits per heavy atom. The highest BCUT2D eigenvalue weighted by molar-refractivity contribution is 6.08. The van der Waals surface area contributed by atoms with Crippen molar-refractivity contribution in [3.8, 4) is 0 Å². The molecule has 2 amide bonds. The number of nitrogens with zero attached hydrogens (tertiary/aromatic N) is 1. The van der Waals surface area contributed by atoms with E-state index in [-0.39, 0.29) is 18.4 Å². The maximum atomic E-state index is 12.5. The summed E-state index contributed by atoms with van der Waals surface area (Å²) in [4.78, 5) is 38.5. The summed E-state index contributed by atoms with van der Waals surface area (Å²) < 4.78 is 10.6. The fraction of sp³-hybridized carbons (Fsp3) is 0.533. The van der Waals surface area contributed by atoms with E-state index in [2.05, 4.69) is 0 Å². The zero-order chi connectivity index (χ0) is 16.1. The molecule has 0 saturated carbocycles. The Balaban J connectivity index is 2.06. The summed E-state index contributed by atoms with van der Waals surface area (Å²) in [5.41, 5.74) is -1.13. The molecule has 3 rings (SSSR count). The van der Waals surface area contributed by atoms with Crippen LogP contribution in [0.5, 0.6) is 0 Å². The number of likely N-dealkylation sites (tertiary alicyclic amines) is 1. The van der Waals surface area contributed by atoms with Gasteiger partial charge in [0.1, 0.15) is 11.8 Å². The van der Waals surface area contributed by atoms with Gasteiger partial charge in [0.15, 0.2) is 11.8 Å². The Morgan fingerprint density at radius 1 is 1.45 bits per heavy atom. The van der Waals surface area contributed by atoms with Gasteiger partial charge in [0.05, 0.1) is 12.9 Å². The number of ether oxygens (including phenoxy) is 1. The lowest BCUT2D eigenvalue weighted by Crippen LogP contribution is -2.97. The van der Waals surface area contributed by atoms with Crippen molar-refractivity contribution in [2.24, 2.45) is 11.8 Å². The van der Waals surface area contributed by atoms with E-state index >= 15 is 0 Å². The Hall–Kier alpha value is -2.15. The van der Waals surface area contributed by atoms with Crippen molar-refractivity contribution >= 4 is 17.8 Å². The first-order valence-corrected chi connectivity index (χ1v) is 7.30. The normalized spacial score (nSPS) is 34.1. The molecule has 2 aliphatic heterocycles. The second kappa shape index (κ2) is 4.95. The molecule has 22 heavy (non-hydrogen) atoms. The van der Waals surface area contributed by atoms with E-state index in [1.165, 1.54) is 13.3 Å². The predicted octanol–water partition coefficient (Wildman–Crippen LogP) is -0.549. The second-order valence-electron chi connectivity index (χ2n) is 5.95. The van der Waals surface area contributed by atoms with Crippen LogP contribution in [0.1, 0.15) is 25.6 Å². The van der Waals surface area contributed by atoms with Crippen molar-refractivity contribution in [1.82, 2.24) is 4.90 Å². The first-order chi connectivity index (χ1) is 10.4. The number of fused-ring (bicyclic) bond motifs is 1. The first kappa shape index (κ1) is 14.8. The number of hydrogen-bond acceptors (Lipinski definition) is 5. The van der Waals surface area contributed by atoms with Crippen LogP contribution in [0.4, 0.5) is 0 Å². The molecule has 4 atom stereocenters. The number of carbonyl (C=O) groups is 3. The van der Waals surface area contributed by atoms with Crippen molar-refractivity contribution in [1.29, 1.82) is 0 Å². The summed E-state index contributed by atoms with van der Waals surface area (Å²) in [6.07, 6.45) is 1.52. The van der Waals surface area contributed by atoms with Gasteiger partial charge in [-0.1, -0.05) is 0 Å². The summed E-state index contributed by atoms with van der Waals surface area (Å²) >= 11 is 0. The minimum atomic E-state index is -1.13. The largest absolute Gasteiger partial charge is 0.463 e. The Labute approximate surface area is 127 Å². The molecule has 1 aromatic rings. The molecule has 1 aromatic heterocycles. The number of esters is 1. The predicted molar refractivity (Wildman–Crippen MR) is 73.2 cm³/mol. The van der Waals surface area contributed by atoms with Gasteiger partial charge in [-0.05, 0) is 19.1 Å². The number of hydrogen-bond donors (Lipinski definition) is 1. The Morgan fingerprint density at radius 2 is 2.18 bits per heavy atom. The summed E-state index contributed by atoms with van der Waals surface area (Å²) in [6.45, 7) is 3.60. The van der Waals surface area contributed by atoms with Crippen molar-refractivity contribution in [3.63, 3.8) is 0 Å². The molecule has 118 valence electrons. The number of quaternary nitrogens is 1. The SMILES string of the molecule is CCOC(=O)[C@]1(C)[NH2+][C@@H](c2ccco2)[C@H]2C(=O)N(C)C(=O)[C@@H]21. The zero-order valence-electron chi connectivity index (χ0n) is 12.7. The molecule has 7 heteroatoms. The number of nitrogens with two attached hydrogens (primary N) is 1. The lowest BCUT2D eigenvalue weighted by molar-refractivity contribution is -0.732. The van der Waals surface area contributed by atoms with Crippen molar-refractivity contribution in [2.75, 3.05) is 13.7 Å². The van der Waals surface area contributed by atoms with E-state index in [9.17, 15) is 14.4 Å². The third kappa shape index (κ3) is 1.81. The molecule has 0 aromatic carbocycles. The molecular weight excluding hydrogens is 288 g/mol. The van der Waals surface area contributed by atoms with Gasteiger partial charge in [-0.15, -0.1) is 0 Å². The quantitative estimate of drug-likeness (QED) is 0.597. The highest BCUT2D eigenvalue weighted by Crippen LogP contribution is 2.43. The van der Waals surface area contributed by atoms with E-state index in [4.69, 9.17) is 9.15 Å². The lowest BCUT2D eigenvalue weighted by Gasteiger charge is -2.24. The van der Waals surface area contributed by atoms with Crippen LogP contribution in [-0.2, 0) is 19.1 Å². The summed E-state index contributed by atoms with van der Waals surface area (Å²) in [7, 11) is 1.45. The van der Waals surface area contributed by atoms with Crippen LogP contribution in [0.2, 0.25) is 0 Å². The van der Waals surface area contributed by atoms with Gasteiger partial charge in [0, 0.05) is 14.0 Å². The first-order valence-electron chi connectivity index (χ1n) is 7.30. The fourth-order valence-electron chi connectivity index (χ4n) is 3.63. The molecule has 2 aliphatic rings. The monoisotopic (exact) mass is 307 g/mol. The molecule has 2 saturated heterocycles. The molecule has 3 heterocycles. The van der Waals surface area contributed by atoms with Gasteiger partial charge in [-0.2, -0.15) is 0 Å². The molecule has 0 bridgehead atoms. The van der Waals surface area contributed by atoms with Crippen LogP contribution >= 0.6 is 0 Å². The number of imide groups is 1. The van der Waals surface area contributed by atoms with Gasteiger partial charge >= 0.3 is 5.97 Å². The third-order valence-electron chi connectivity index (χ3n) is 4.72. The number of carbonyl (C=O) groups excluding carboxylic acids is 3. The number of rotatable bonds is 3. The van der Waals surface area contributed by atoms with Gasteiger partial charge in [-0.3, -0.25) is 14.5 Å². The Bertz CT molecular complexity index is 626. The van der Waals surface area contributed by atoms with Crippen molar-refractivity contribution < 1.29 is 28.9 Å². The topological polar surface area (TPSA) is 93.4 Å². The van der Waals surface area contributed by atoms with Crippen LogP contribution in [0, 0.1) is 11.8 Å². The van der Waals surface area contributed by atoms with Crippen LogP contribution in [0.15, 0.2) is 22.8 Å². The zero-order valence-corrected chi connectivity index (χ0v) is 12.7.